The summed E-state index contributed by atoms with van der Waals surface area (Å²) in [5.41, 5.74) is -0.392. The first-order valence-electron chi connectivity index (χ1n) is 6.10. The van der Waals surface area contributed by atoms with Gasteiger partial charge < -0.3 is 9.84 Å². The summed E-state index contributed by atoms with van der Waals surface area (Å²) in [4.78, 5) is 32.3. The molecule has 1 N–H and O–H groups in total. The van der Waals surface area contributed by atoms with E-state index < -0.39 is 5.97 Å². The molecule has 0 saturated heterocycles. The van der Waals surface area contributed by atoms with Crippen molar-refractivity contribution in [3.8, 4) is 0 Å². The Hall–Kier alpha value is -2.48. The smallest absolute Gasteiger partial charge is 0.343 e. The zero-order chi connectivity index (χ0) is 15.4. The normalized spacial score (nSPS) is 12.7. The molecule has 21 heavy (non-hydrogen) atoms. The first-order chi connectivity index (χ1) is 10.0. The third kappa shape index (κ3) is 3.16. The number of rotatable bonds is 4. The number of hydrogen-bond donors (Lipinski definition) is 1. The van der Waals surface area contributed by atoms with E-state index in [1.54, 1.807) is 18.5 Å². The van der Waals surface area contributed by atoms with Gasteiger partial charge >= 0.3 is 5.97 Å². The number of aliphatic hydroxyl groups excluding tert-OH is 1. The first kappa shape index (κ1) is 14.9. The Morgan fingerprint density at radius 2 is 2.38 bits per heavy atom. The van der Waals surface area contributed by atoms with Gasteiger partial charge in [0.05, 0.1) is 12.8 Å². The average molecular weight is 307 g/mol. The van der Waals surface area contributed by atoms with Crippen LogP contribution in [0.1, 0.15) is 13.8 Å². The molecule has 0 bridgehead atoms. The summed E-state index contributed by atoms with van der Waals surface area (Å²) in [6.07, 6.45) is 4.01. The Balaban J connectivity index is 2.38. The Labute approximate surface area is 123 Å². The van der Waals surface area contributed by atoms with Gasteiger partial charge in [-0.25, -0.2) is 14.8 Å². The molecule has 2 aromatic heterocycles. The highest BCUT2D eigenvalue weighted by atomic mass is 32.1. The first-order valence-corrected chi connectivity index (χ1v) is 6.98. The fraction of sp³-hybridized carbons (Fsp3) is 0.231. The van der Waals surface area contributed by atoms with Crippen LogP contribution in [0.3, 0.4) is 0 Å². The number of aromatic nitrogens is 2. The number of nitrogens with zero attached hydrogens (tertiary/aromatic N) is 3. The van der Waals surface area contributed by atoms with Crippen LogP contribution in [-0.4, -0.2) is 33.3 Å². The number of ether oxygens (including phenoxy) is 1. The lowest BCUT2D eigenvalue weighted by Gasteiger charge is -2.03. The van der Waals surface area contributed by atoms with Crippen molar-refractivity contribution in [2.75, 3.05) is 6.61 Å². The third-order valence-electron chi connectivity index (χ3n) is 2.54. The minimum atomic E-state index is -0.703. The predicted molar refractivity (Wildman–Crippen MR) is 79.5 cm³/mol. The quantitative estimate of drug-likeness (QED) is 0.403. The van der Waals surface area contributed by atoms with Gasteiger partial charge in [0, 0.05) is 17.8 Å². The Morgan fingerprint density at radius 3 is 3.05 bits per heavy atom. The topological polar surface area (TPSA) is 93.3 Å². The summed E-state index contributed by atoms with van der Waals surface area (Å²) in [5.74, 6) is -0.937. The van der Waals surface area contributed by atoms with Gasteiger partial charge in [-0.15, -0.1) is 11.3 Å². The lowest BCUT2D eigenvalue weighted by Crippen LogP contribution is -2.13. The minimum absolute atomic E-state index is 0.0638. The molecule has 0 saturated carbocycles. The fourth-order valence-electron chi connectivity index (χ4n) is 1.54. The van der Waals surface area contributed by atoms with Crippen molar-refractivity contribution in [1.29, 1.82) is 0 Å². The molecule has 2 heterocycles. The number of carbonyl (C=O) groups excluding carboxylic acids is 1. The highest BCUT2D eigenvalue weighted by Gasteiger charge is 2.12. The van der Waals surface area contributed by atoms with E-state index in [0.29, 0.717) is 4.96 Å². The lowest BCUT2D eigenvalue weighted by atomic mass is 10.2. The monoisotopic (exact) mass is 307 g/mol. The third-order valence-corrected chi connectivity index (χ3v) is 3.31. The number of allylic oxidation sites excluding steroid dienone is 1. The molecule has 8 heteroatoms. The van der Waals surface area contributed by atoms with Crippen LogP contribution in [-0.2, 0) is 9.53 Å². The van der Waals surface area contributed by atoms with E-state index in [1.807, 2.05) is 0 Å². The molecule has 0 spiro atoms. The van der Waals surface area contributed by atoms with Crippen LogP contribution >= 0.6 is 11.3 Å². The van der Waals surface area contributed by atoms with Gasteiger partial charge in [-0.3, -0.25) is 9.20 Å². The van der Waals surface area contributed by atoms with Crippen LogP contribution in [0, 0.1) is 0 Å². The molecule has 2 aromatic rings. The Bertz CT molecular complexity index is 784. The number of aliphatic hydroxyl groups is 1. The number of aliphatic imine (C=N–C) groups is 1. The van der Waals surface area contributed by atoms with Crippen molar-refractivity contribution >= 4 is 34.2 Å². The lowest BCUT2D eigenvalue weighted by molar-refractivity contribution is -0.138. The van der Waals surface area contributed by atoms with Crippen molar-refractivity contribution in [2.45, 2.75) is 13.8 Å². The number of esters is 1. The molecule has 0 aliphatic rings. The van der Waals surface area contributed by atoms with Crippen LogP contribution in [0.25, 0.3) is 4.96 Å². The van der Waals surface area contributed by atoms with Gasteiger partial charge in [0.15, 0.2) is 4.96 Å². The minimum Gasteiger partial charge on any atom is -0.512 e. The van der Waals surface area contributed by atoms with E-state index in [0.717, 1.165) is 6.21 Å². The number of fused-ring (bicyclic) bond motifs is 1. The largest absolute Gasteiger partial charge is 0.512 e. The molecular weight excluding hydrogens is 294 g/mol. The van der Waals surface area contributed by atoms with Crippen molar-refractivity contribution in [1.82, 2.24) is 9.38 Å². The summed E-state index contributed by atoms with van der Waals surface area (Å²) in [5, 5.41) is 11.2. The number of carbonyl (C=O) groups is 1. The molecule has 0 fully saturated rings. The second kappa shape index (κ2) is 6.31. The van der Waals surface area contributed by atoms with Gasteiger partial charge in [0.25, 0.3) is 5.56 Å². The summed E-state index contributed by atoms with van der Waals surface area (Å²) in [6, 6.07) is 0. The fourth-order valence-corrected chi connectivity index (χ4v) is 2.22. The van der Waals surface area contributed by atoms with Gasteiger partial charge in [-0.05, 0) is 13.8 Å². The summed E-state index contributed by atoms with van der Waals surface area (Å²) >= 11 is 1.33. The maximum atomic E-state index is 12.1. The van der Waals surface area contributed by atoms with Gasteiger partial charge in [0.1, 0.15) is 17.0 Å². The van der Waals surface area contributed by atoms with Crippen LogP contribution < -0.4 is 5.56 Å². The summed E-state index contributed by atoms with van der Waals surface area (Å²) in [7, 11) is 0. The van der Waals surface area contributed by atoms with Crippen molar-refractivity contribution < 1.29 is 14.6 Å². The highest BCUT2D eigenvalue weighted by Crippen LogP contribution is 2.10. The average Bonchev–Trinajstić information content (AvgIpc) is 2.90. The van der Waals surface area contributed by atoms with E-state index >= 15 is 0 Å². The van der Waals surface area contributed by atoms with Crippen molar-refractivity contribution in [3.63, 3.8) is 0 Å². The van der Waals surface area contributed by atoms with Crippen LogP contribution in [0.2, 0.25) is 0 Å². The van der Waals surface area contributed by atoms with E-state index in [1.165, 1.54) is 28.9 Å². The maximum Gasteiger partial charge on any atom is 0.343 e. The number of hydrogen-bond acceptors (Lipinski definition) is 7. The Morgan fingerprint density at radius 1 is 1.62 bits per heavy atom. The molecule has 0 aromatic carbocycles. The van der Waals surface area contributed by atoms with E-state index in [-0.39, 0.29) is 29.2 Å². The molecule has 0 radical (unpaired) electrons. The SMILES string of the molecule is CCOC(=O)/C(C=Nc1cnc2sccn2c1=O)=C(/C)O. The Kier molecular flexibility index (Phi) is 4.49. The van der Waals surface area contributed by atoms with Crippen LogP contribution in [0.15, 0.2) is 38.9 Å². The molecule has 0 unspecified atom stereocenters. The van der Waals surface area contributed by atoms with E-state index in [2.05, 4.69) is 9.98 Å². The molecule has 0 amide bonds. The number of thiazole rings is 1. The van der Waals surface area contributed by atoms with Crippen LogP contribution in [0.4, 0.5) is 5.69 Å². The molecule has 0 atom stereocenters. The molecular formula is C13H13N3O4S. The highest BCUT2D eigenvalue weighted by molar-refractivity contribution is 7.15. The summed E-state index contributed by atoms with van der Waals surface area (Å²) < 4.78 is 6.15. The second-order valence-electron chi connectivity index (χ2n) is 3.98. The van der Waals surface area contributed by atoms with Crippen molar-refractivity contribution in [3.05, 3.63) is 39.5 Å². The van der Waals surface area contributed by atoms with E-state index in [4.69, 9.17) is 4.74 Å². The predicted octanol–water partition coefficient (Wildman–Crippen LogP) is 1.85. The standard InChI is InChI=1S/C13H13N3O4S/c1-3-20-12(19)9(8(2)17)6-14-10-7-15-13-16(11(10)18)4-5-21-13/h4-7,17H,3H2,1-2H3/b9-8-,14-6?. The zero-order valence-electron chi connectivity index (χ0n) is 11.4. The molecule has 110 valence electrons. The summed E-state index contributed by atoms with van der Waals surface area (Å²) in [6.45, 7) is 3.17. The van der Waals surface area contributed by atoms with E-state index in [9.17, 15) is 14.7 Å². The van der Waals surface area contributed by atoms with Gasteiger partial charge in [-0.1, -0.05) is 0 Å². The maximum absolute atomic E-state index is 12.1. The van der Waals surface area contributed by atoms with Crippen LogP contribution in [0.5, 0.6) is 0 Å². The second-order valence-corrected chi connectivity index (χ2v) is 4.85. The molecule has 2 rings (SSSR count). The van der Waals surface area contributed by atoms with Gasteiger partial charge in [0.2, 0.25) is 0 Å². The molecule has 0 aliphatic carbocycles. The zero-order valence-corrected chi connectivity index (χ0v) is 12.3. The van der Waals surface area contributed by atoms with Gasteiger partial charge in [-0.2, -0.15) is 0 Å². The molecule has 7 nitrogen and oxygen atoms in total. The molecule has 0 aliphatic heterocycles. The van der Waals surface area contributed by atoms with Crippen molar-refractivity contribution in [2.24, 2.45) is 4.99 Å².